The van der Waals surface area contributed by atoms with E-state index in [1.54, 1.807) is 11.3 Å². The van der Waals surface area contributed by atoms with E-state index in [-0.39, 0.29) is 17.9 Å². The van der Waals surface area contributed by atoms with Gasteiger partial charge in [-0.25, -0.2) is 4.98 Å². The van der Waals surface area contributed by atoms with E-state index in [0.717, 1.165) is 29.2 Å². The van der Waals surface area contributed by atoms with Crippen LogP contribution in [0.1, 0.15) is 38.1 Å². The van der Waals surface area contributed by atoms with Crippen LogP contribution in [0.3, 0.4) is 0 Å². The lowest BCUT2D eigenvalue weighted by molar-refractivity contribution is -0.121. The normalized spacial score (nSPS) is 12.0. The lowest BCUT2D eigenvalue weighted by Gasteiger charge is -2.29. The fraction of sp³-hybridized carbons (Fsp3) is 0.600. The van der Waals surface area contributed by atoms with Crippen molar-refractivity contribution in [2.75, 3.05) is 13.2 Å². The molecule has 1 amide bonds. The summed E-state index contributed by atoms with van der Waals surface area (Å²) in [5.74, 6) is -0.0132. The number of nitrogens with one attached hydrogen (secondary N) is 1. The van der Waals surface area contributed by atoms with E-state index >= 15 is 0 Å². The maximum absolute atomic E-state index is 12.1. The molecule has 0 bridgehead atoms. The number of aryl methyl sites for hydroxylation is 1. The first-order valence-corrected chi connectivity index (χ1v) is 8.21. The Labute approximate surface area is 129 Å². The van der Waals surface area contributed by atoms with Gasteiger partial charge in [0, 0.05) is 29.2 Å². The Bertz CT molecular complexity index is 605. The predicted octanol–water partition coefficient (Wildman–Crippen LogP) is 2.16. The highest BCUT2D eigenvalue weighted by atomic mass is 32.1. The summed E-state index contributed by atoms with van der Waals surface area (Å²) >= 11 is 1.55. The average Bonchev–Trinajstić information content (AvgIpc) is 3.02. The highest BCUT2D eigenvalue weighted by Gasteiger charge is 2.25. The molecule has 0 fully saturated rings. The minimum absolute atomic E-state index is 0.0132. The molecule has 0 atom stereocenters. The van der Waals surface area contributed by atoms with Gasteiger partial charge in [-0.3, -0.25) is 9.20 Å². The zero-order valence-corrected chi connectivity index (χ0v) is 13.7. The highest BCUT2D eigenvalue weighted by molar-refractivity contribution is 7.15. The molecule has 116 valence electrons. The Balaban J connectivity index is 1.98. The summed E-state index contributed by atoms with van der Waals surface area (Å²) in [6.45, 7) is 6.65. The molecule has 0 aliphatic carbocycles. The Morgan fingerprint density at radius 3 is 2.81 bits per heavy atom. The first-order chi connectivity index (χ1) is 10.0. The standard InChI is InChI=1S/C15H23N3O2S/c1-4-15(5-2,10-19)9-16-13(20)6-12-8-21-14-17-11(3)7-18(12)14/h7-8,19H,4-6,9-10H2,1-3H3,(H,16,20). The van der Waals surface area contributed by atoms with Crippen molar-refractivity contribution in [3.63, 3.8) is 0 Å². The van der Waals surface area contributed by atoms with Crippen molar-refractivity contribution in [2.24, 2.45) is 5.41 Å². The zero-order valence-electron chi connectivity index (χ0n) is 12.8. The molecule has 2 aromatic heterocycles. The number of aromatic nitrogens is 2. The SMILES string of the molecule is CCC(CC)(CO)CNC(=O)Cc1csc2nc(C)cn12. The Hall–Kier alpha value is -1.40. The van der Waals surface area contributed by atoms with Gasteiger partial charge in [0.25, 0.3) is 0 Å². The van der Waals surface area contributed by atoms with Gasteiger partial charge in [-0.05, 0) is 19.8 Å². The molecule has 2 heterocycles. The Morgan fingerprint density at radius 2 is 2.19 bits per heavy atom. The number of carbonyl (C=O) groups is 1. The predicted molar refractivity (Wildman–Crippen MR) is 84.6 cm³/mol. The van der Waals surface area contributed by atoms with E-state index in [4.69, 9.17) is 0 Å². The summed E-state index contributed by atoms with van der Waals surface area (Å²) in [5, 5.41) is 14.5. The molecule has 0 unspecified atom stereocenters. The molecule has 2 rings (SSSR count). The van der Waals surface area contributed by atoms with E-state index in [1.807, 2.05) is 36.7 Å². The second-order valence-electron chi connectivity index (χ2n) is 5.58. The van der Waals surface area contributed by atoms with Crippen molar-refractivity contribution in [1.82, 2.24) is 14.7 Å². The fourth-order valence-corrected chi connectivity index (χ4v) is 3.28. The Morgan fingerprint density at radius 1 is 1.48 bits per heavy atom. The third-order valence-corrected chi connectivity index (χ3v) is 5.13. The summed E-state index contributed by atoms with van der Waals surface area (Å²) in [6.07, 6.45) is 3.99. The van der Waals surface area contributed by atoms with E-state index in [9.17, 15) is 9.90 Å². The number of rotatable bonds is 7. The van der Waals surface area contributed by atoms with E-state index in [0.29, 0.717) is 13.0 Å². The summed E-state index contributed by atoms with van der Waals surface area (Å²) in [7, 11) is 0. The molecule has 2 N–H and O–H groups in total. The summed E-state index contributed by atoms with van der Waals surface area (Å²) in [4.78, 5) is 17.4. The number of fused-ring (bicyclic) bond motifs is 1. The van der Waals surface area contributed by atoms with Crippen molar-refractivity contribution in [3.8, 4) is 0 Å². The van der Waals surface area contributed by atoms with E-state index in [2.05, 4.69) is 10.3 Å². The third kappa shape index (κ3) is 3.44. The first kappa shape index (κ1) is 16.0. The quantitative estimate of drug-likeness (QED) is 0.823. The monoisotopic (exact) mass is 309 g/mol. The molecule has 0 aliphatic heterocycles. The molecule has 0 aliphatic rings. The van der Waals surface area contributed by atoms with Gasteiger partial charge in [0.15, 0.2) is 4.96 Å². The first-order valence-electron chi connectivity index (χ1n) is 7.33. The van der Waals surface area contributed by atoms with Gasteiger partial charge >= 0.3 is 0 Å². The second-order valence-corrected chi connectivity index (χ2v) is 6.42. The van der Waals surface area contributed by atoms with Crippen LogP contribution in [0.5, 0.6) is 0 Å². The number of imidazole rings is 1. The van der Waals surface area contributed by atoms with Crippen LogP contribution in [0.2, 0.25) is 0 Å². The zero-order chi connectivity index (χ0) is 15.5. The summed E-state index contributed by atoms with van der Waals surface area (Å²) in [6, 6.07) is 0. The number of hydrogen-bond acceptors (Lipinski definition) is 4. The molecule has 5 nitrogen and oxygen atoms in total. The van der Waals surface area contributed by atoms with Gasteiger partial charge in [-0.1, -0.05) is 13.8 Å². The van der Waals surface area contributed by atoms with Gasteiger partial charge in [-0.2, -0.15) is 0 Å². The molecule has 2 aromatic rings. The smallest absolute Gasteiger partial charge is 0.226 e. The number of aliphatic hydroxyl groups is 1. The van der Waals surface area contributed by atoms with Crippen molar-refractivity contribution >= 4 is 22.2 Å². The van der Waals surface area contributed by atoms with Crippen LogP contribution in [0.4, 0.5) is 0 Å². The molecule has 0 radical (unpaired) electrons. The van der Waals surface area contributed by atoms with E-state index < -0.39 is 0 Å². The molecule has 21 heavy (non-hydrogen) atoms. The van der Waals surface area contributed by atoms with Crippen molar-refractivity contribution in [1.29, 1.82) is 0 Å². The minimum Gasteiger partial charge on any atom is -0.396 e. The van der Waals surface area contributed by atoms with Crippen molar-refractivity contribution in [3.05, 3.63) is 23.0 Å². The molecule has 0 saturated carbocycles. The maximum atomic E-state index is 12.1. The van der Waals surface area contributed by atoms with Crippen LogP contribution in [0.25, 0.3) is 4.96 Å². The summed E-state index contributed by atoms with van der Waals surface area (Å²) in [5.41, 5.74) is 1.71. The van der Waals surface area contributed by atoms with Gasteiger partial charge < -0.3 is 10.4 Å². The number of nitrogens with zero attached hydrogens (tertiary/aromatic N) is 2. The largest absolute Gasteiger partial charge is 0.396 e. The second kappa shape index (κ2) is 6.58. The minimum atomic E-state index is -0.203. The van der Waals surface area contributed by atoms with E-state index in [1.165, 1.54) is 0 Å². The maximum Gasteiger partial charge on any atom is 0.226 e. The number of thiazole rings is 1. The molecule has 0 saturated heterocycles. The number of carbonyl (C=O) groups excluding carboxylic acids is 1. The third-order valence-electron chi connectivity index (χ3n) is 4.24. The number of amides is 1. The molecule has 6 heteroatoms. The van der Waals surface area contributed by atoms with Crippen molar-refractivity contribution in [2.45, 2.75) is 40.0 Å². The average molecular weight is 309 g/mol. The van der Waals surface area contributed by atoms with Gasteiger partial charge in [-0.15, -0.1) is 11.3 Å². The van der Waals surface area contributed by atoms with Crippen LogP contribution in [0.15, 0.2) is 11.6 Å². The lowest BCUT2D eigenvalue weighted by atomic mass is 9.83. The van der Waals surface area contributed by atoms with Gasteiger partial charge in [0.05, 0.1) is 18.7 Å². The van der Waals surface area contributed by atoms with Gasteiger partial charge in [0.2, 0.25) is 5.91 Å². The topological polar surface area (TPSA) is 66.6 Å². The van der Waals surface area contributed by atoms with Crippen LogP contribution in [0, 0.1) is 12.3 Å². The molecular formula is C15H23N3O2S. The number of hydrogen-bond donors (Lipinski definition) is 2. The molecular weight excluding hydrogens is 286 g/mol. The van der Waals surface area contributed by atoms with Crippen LogP contribution >= 0.6 is 11.3 Å². The molecule has 0 aromatic carbocycles. The van der Waals surface area contributed by atoms with Crippen LogP contribution < -0.4 is 5.32 Å². The number of aliphatic hydroxyl groups excluding tert-OH is 1. The van der Waals surface area contributed by atoms with Gasteiger partial charge in [0.1, 0.15) is 0 Å². The van der Waals surface area contributed by atoms with Crippen molar-refractivity contribution < 1.29 is 9.90 Å². The van der Waals surface area contributed by atoms with Crippen LogP contribution in [-0.4, -0.2) is 33.6 Å². The fourth-order valence-electron chi connectivity index (χ4n) is 2.36. The summed E-state index contributed by atoms with van der Waals surface area (Å²) < 4.78 is 1.97. The highest BCUT2D eigenvalue weighted by Crippen LogP contribution is 2.24. The Kier molecular flexibility index (Phi) is 5.00. The molecule has 0 spiro atoms. The van der Waals surface area contributed by atoms with Crippen LogP contribution in [-0.2, 0) is 11.2 Å². The lowest BCUT2D eigenvalue weighted by Crippen LogP contribution is -2.40.